The molecule has 6 heteroatoms. The molecule has 21 heavy (non-hydrogen) atoms. The minimum absolute atomic E-state index is 0.0322. The number of anilines is 1. The van der Waals surface area contributed by atoms with Gasteiger partial charge in [0.2, 0.25) is 11.0 Å². The first-order chi connectivity index (χ1) is 10.1. The highest BCUT2D eigenvalue weighted by molar-refractivity contribution is 7.15. The molecule has 0 saturated heterocycles. The van der Waals surface area contributed by atoms with Crippen LogP contribution in [0.3, 0.4) is 0 Å². The molecule has 2 aromatic rings. The smallest absolute Gasteiger partial charge is 0.226 e. The van der Waals surface area contributed by atoms with Gasteiger partial charge in [-0.05, 0) is 43.5 Å². The number of rotatable bonds is 6. The van der Waals surface area contributed by atoms with Crippen molar-refractivity contribution in [3.8, 4) is 5.75 Å². The number of hydrogen-bond donors (Lipinski definition) is 1. The lowest BCUT2D eigenvalue weighted by molar-refractivity contribution is -0.116. The third-order valence-corrected chi connectivity index (χ3v) is 3.84. The van der Waals surface area contributed by atoms with Gasteiger partial charge in [-0.1, -0.05) is 24.3 Å². The summed E-state index contributed by atoms with van der Waals surface area (Å²) in [5.74, 6) is 0.778. The van der Waals surface area contributed by atoms with Gasteiger partial charge in [0.05, 0.1) is 0 Å². The monoisotopic (exact) mass is 305 g/mol. The van der Waals surface area contributed by atoms with Gasteiger partial charge in [0.15, 0.2) is 5.01 Å². The quantitative estimate of drug-likeness (QED) is 0.887. The third kappa shape index (κ3) is 4.53. The lowest BCUT2D eigenvalue weighted by atomic mass is 10.1. The maximum Gasteiger partial charge on any atom is 0.226 e. The summed E-state index contributed by atoms with van der Waals surface area (Å²) < 4.78 is 5.69. The second-order valence-electron chi connectivity index (χ2n) is 4.83. The van der Waals surface area contributed by atoms with Crippen LogP contribution in [0.4, 0.5) is 5.13 Å². The normalized spacial score (nSPS) is 10.4. The van der Waals surface area contributed by atoms with Crippen molar-refractivity contribution in [2.24, 2.45) is 0 Å². The fourth-order valence-corrected chi connectivity index (χ4v) is 2.39. The Balaban J connectivity index is 1.90. The first-order valence-electron chi connectivity index (χ1n) is 6.90. The van der Waals surface area contributed by atoms with Crippen LogP contribution < -0.4 is 10.1 Å². The molecule has 0 saturated carbocycles. The highest BCUT2D eigenvalue weighted by Crippen LogP contribution is 2.20. The van der Waals surface area contributed by atoms with Crippen molar-refractivity contribution in [3.63, 3.8) is 0 Å². The summed E-state index contributed by atoms with van der Waals surface area (Å²) in [6.45, 7) is 6.43. The number of aromatic nitrogens is 2. The van der Waals surface area contributed by atoms with Crippen LogP contribution in [0.2, 0.25) is 0 Å². The van der Waals surface area contributed by atoms with Gasteiger partial charge in [0.1, 0.15) is 12.4 Å². The molecule has 1 aromatic carbocycles. The van der Waals surface area contributed by atoms with Crippen molar-refractivity contribution in [3.05, 3.63) is 34.3 Å². The lowest BCUT2D eigenvalue weighted by Gasteiger charge is -2.06. The average Bonchev–Trinajstić information content (AvgIpc) is 2.88. The fourth-order valence-electron chi connectivity index (χ4n) is 1.72. The predicted octanol–water partition coefficient (Wildman–Crippen LogP) is 3.47. The van der Waals surface area contributed by atoms with Crippen LogP contribution in [0.1, 0.15) is 35.9 Å². The summed E-state index contributed by atoms with van der Waals surface area (Å²) in [5.41, 5.74) is 2.43. The van der Waals surface area contributed by atoms with Crippen molar-refractivity contribution < 1.29 is 9.53 Å². The number of nitrogens with one attached hydrogen (secondary N) is 1. The number of nitrogens with zero attached hydrogens (tertiary/aromatic N) is 2. The summed E-state index contributed by atoms with van der Waals surface area (Å²) in [6.07, 6.45) is 1.31. The Hall–Kier alpha value is -1.95. The van der Waals surface area contributed by atoms with E-state index in [1.807, 2.05) is 25.1 Å². The zero-order valence-corrected chi connectivity index (χ0v) is 13.3. The van der Waals surface area contributed by atoms with Gasteiger partial charge in [0.25, 0.3) is 0 Å². The Morgan fingerprint density at radius 3 is 2.81 bits per heavy atom. The van der Waals surface area contributed by atoms with Gasteiger partial charge in [-0.2, -0.15) is 0 Å². The average molecular weight is 305 g/mol. The van der Waals surface area contributed by atoms with Crippen LogP contribution in [-0.2, 0) is 11.4 Å². The highest BCUT2D eigenvalue weighted by atomic mass is 32.1. The Morgan fingerprint density at radius 2 is 2.10 bits per heavy atom. The van der Waals surface area contributed by atoms with Crippen LogP contribution in [0.25, 0.3) is 0 Å². The first-order valence-corrected chi connectivity index (χ1v) is 7.72. The summed E-state index contributed by atoms with van der Waals surface area (Å²) in [6, 6.07) is 5.97. The van der Waals surface area contributed by atoms with E-state index in [2.05, 4.69) is 29.4 Å². The largest absolute Gasteiger partial charge is 0.486 e. The van der Waals surface area contributed by atoms with E-state index in [0.29, 0.717) is 18.2 Å². The van der Waals surface area contributed by atoms with Gasteiger partial charge in [-0.3, -0.25) is 4.79 Å². The van der Waals surface area contributed by atoms with Crippen molar-refractivity contribution >= 4 is 22.4 Å². The van der Waals surface area contributed by atoms with E-state index in [1.165, 1.54) is 22.5 Å². The third-order valence-electron chi connectivity index (χ3n) is 3.03. The summed E-state index contributed by atoms with van der Waals surface area (Å²) in [4.78, 5) is 11.5. The Labute approximate surface area is 128 Å². The van der Waals surface area contributed by atoms with Crippen molar-refractivity contribution in [2.45, 2.75) is 40.2 Å². The molecule has 0 radical (unpaired) electrons. The summed E-state index contributed by atoms with van der Waals surface area (Å²) in [5, 5.41) is 11.9. The van der Waals surface area contributed by atoms with Gasteiger partial charge in [-0.25, -0.2) is 0 Å². The minimum Gasteiger partial charge on any atom is -0.486 e. The Bertz CT molecular complexity index is 625. The molecule has 0 atom stereocenters. The second kappa shape index (κ2) is 7.17. The molecule has 1 N–H and O–H groups in total. The molecule has 0 aliphatic carbocycles. The van der Waals surface area contributed by atoms with Crippen LogP contribution in [0.15, 0.2) is 18.2 Å². The minimum atomic E-state index is -0.0322. The second-order valence-corrected chi connectivity index (χ2v) is 5.90. The van der Waals surface area contributed by atoms with E-state index in [9.17, 15) is 4.79 Å². The summed E-state index contributed by atoms with van der Waals surface area (Å²) in [7, 11) is 0. The molecule has 0 aliphatic heterocycles. The zero-order valence-electron chi connectivity index (χ0n) is 12.5. The molecular formula is C15H19N3O2S. The van der Waals surface area contributed by atoms with Crippen LogP contribution in [0, 0.1) is 13.8 Å². The molecular weight excluding hydrogens is 286 g/mol. The zero-order chi connectivity index (χ0) is 15.2. The maximum atomic E-state index is 11.5. The molecule has 1 heterocycles. The van der Waals surface area contributed by atoms with Crippen LogP contribution in [-0.4, -0.2) is 16.1 Å². The van der Waals surface area contributed by atoms with Crippen molar-refractivity contribution in [2.75, 3.05) is 5.32 Å². The molecule has 112 valence electrons. The number of hydrogen-bond acceptors (Lipinski definition) is 5. The van der Waals surface area contributed by atoms with Crippen molar-refractivity contribution in [1.29, 1.82) is 0 Å². The highest BCUT2D eigenvalue weighted by Gasteiger charge is 2.08. The number of amides is 1. The number of carbonyl (C=O) groups excluding carboxylic acids is 1. The molecule has 5 nitrogen and oxygen atoms in total. The van der Waals surface area contributed by atoms with Gasteiger partial charge >= 0.3 is 0 Å². The molecule has 0 fully saturated rings. The Morgan fingerprint density at radius 1 is 1.29 bits per heavy atom. The van der Waals surface area contributed by atoms with Crippen molar-refractivity contribution in [1.82, 2.24) is 10.2 Å². The molecule has 2 rings (SSSR count). The topological polar surface area (TPSA) is 64.1 Å². The van der Waals surface area contributed by atoms with E-state index < -0.39 is 0 Å². The predicted molar refractivity (Wildman–Crippen MR) is 83.7 cm³/mol. The maximum absolute atomic E-state index is 11.5. The molecule has 0 spiro atoms. The molecule has 0 aliphatic rings. The number of ether oxygens (including phenoxy) is 1. The fraction of sp³-hybridized carbons (Fsp3) is 0.400. The number of aryl methyl sites for hydroxylation is 2. The van der Waals surface area contributed by atoms with Gasteiger partial charge in [0, 0.05) is 6.42 Å². The molecule has 0 bridgehead atoms. The van der Waals surface area contributed by atoms with E-state index in [0.717, 1.165) is 17.2 Å². The summed E-state index contributed by atoms with van der Waals surface area (Å²) >= 11 is 1.33. The lowest BCUT2D eigenvalue weighted by Crippen LogP contribution is -2.10. The van der Waals surface area contributed by atoms with Gasteiger partial charge < -0.3 is 10.1 Å². The molecule has 1 aromatic heterocycles. The van der Waals surface area contributed by atoms with E-state index >= 15 is 0 Å². The van der Waals surface area contributed by atoms with Gasteiger partial charge in [-0.15, -0.1) is 10.2 Å². The van der Waals surface area contributed by atoms with E-state index in [1.54, 1.807) is 0 Å². The SMILES string of the molecule is CCCC(=O)Nc1nnc(COc2ccc(C)c(C)c2)s1. The van der Waals surface area contributed by atoms with Crippen LogP contribution >= 0.6 is 11.3 Å². The van der Waals surface area contributed by atoms with E-state index in [-0.39, 0.29) is 5.91 Å². The number of benzene rings is 1. The molecule has 1 amide bonds. The Kier molecular flexibility index (Phi) is 5.27. The first kappa shape index (κ1) is 15.4. The van der Waals surface area contributed by atoms with E-state index in [4.69, 9.17) is 4.74 Å². The molecule has 0 unspecified atom stereocenters. The van der Waals surface area contributed by atoms with Crippen LogP contribution in [0.5, 0.6) is 5.75 Å². The standard InChI is InChI=1S/C15H19N3O2S/c1-4-5-13(19)16-15-18-17-14(21-15)9-20-12-7-6-10(2)11(3)8-12/h6-8H,4-5,9H2,1-3H3,(H,16,18,19). The number of carbonyl (C=O) groups is 1.